The van der Waals surface area contributed by atoms with Gasteiger partial charge in [-0.2, -0.15) is 0 Å². The zero-order chi connectivity index (χ0) is 22.2. The Balaban J connectivity index is 1.44. The van der Waals surface area contributed by atoms with E-state index in [1.54, 1.807) is 11.3 Å². The predicted octanol–water partition coefficient (Wildman–Crippen LogP) is 7.37. The van der Waals surface area contributed by atoms with Crippen LogP contribution in [0, 0.1) is 11.8 Å². The van der Waals surface area contributed by atoms with Crippen molar-refractivity contribution >= 4 is 17.3 Å². The van der Waals surface area contributed by atoms with Gasteiger partial charge in [-0.3, -0.25) is 4.79 Å². The van der Waals surface area contributed by atoms with Crippen molar-refractivity contribution in [1.29, 1.82) is 0 Å². The number of aryl methyl sites for hydroxylation is 1. The summed E-state index contributed by atoms with van der Waals surface area (Å²) in [6.45, 7) is 9.49. The van der Waals surface area contributed by atoms with Crippen molar-refractivity contribution in [3.63, 3.8) is 0 Å². The number of rotatable bonds is 5. The average molecular weight is 440 g/mol. The molecule has 1 fully saturated rings. The number of benzene rings is 1. The summed E-state index contributed by atoms with van der Waals surface area (Å²) < 4.78 is 0. The van der Waals surface area contributed by atoms with Crippen molar-refractivity contribution < 1.29 is 9.90 Å². The Kier molecular flexibility index (Phi) is 6.31. The zero-order valence-electron chi connectivity index (χ0n) is 19.5. The van der Waals surface area contributed by atoms with Crippen LogP contribution in [0.25, 0.3) is 11.3 Å². The molecule has 168 valence electrons. The van der Waals surface area contributed by atoms with Gasteiger partial charge >= 0.3 is 5.97 Å². The molecule has 2 aliphatic carbocycles. The first-order valence-electron chi connectivity index (χ1n) is 12.0. The van der Waals surface area contributed by atoms with E-state index < -0.39 is 5.97 Å². The minimum absolute atomic E-state index is 0.130. The standard InChI is InChI=1S/C27H37NO2S/c1-26(2)14-15-27(3,4)22-16-20(11-12-21(22)26)23-17-31-24(28-23)13-9-18-6-5-7-19(10-8-18)25(29)30/h11-12,16-19H,5-10,13-15H2,1-4H3,(H,29,30). The summed E-state index contributed by atoms with van der Waals surface area (Å²) in [6.07, 6.45) is 9.55. The van der Waals surface area contributed by atoms with Crippen molar-refractivity contribution in [3.05, 3.63) is 39.7 Å². The lowest BCUT2D eigenvalue weighted by Crippen LogP contribution is -2.33. The van der Waals surface area contributed by atoms with Gasteiger partial charge in [-0.1, -0.05) is 52.7 Å². The maximum atomic E-state index is 11.3. The normalized spacial score (nSPS) is 24.9. The molecule has 2 aromatic rings. The number of hydrogen-bond donors (Lipinski definition) is 1. The second-order valence-corrected chi connectivity index (χ2v) is 12.0. The summed E-state index contributed by atoms with van der Waals surface area (Å²) in [7, 11) is 0. The fourth-order valence-electron chi connectivity index (χ4n) is 5.55. The van der Waals surface area contributed by atoms with Gasteiger partial charge < -0.3 is 5.11 Å². The van der Waals surface area contributed by atoms with Crippen LogP contribution in [0.1, 0.15) is 95.2 Å². The molecule has 0 amide bonds. The third kappa shape index (κ3) is 4.89. The third-order valence-electron chi connectivity index (χ3n) is 7.90. The van der Waals surface area contributed by atoms with Gasteiger partial charge in [-0.05, 0) is 78.9 Å². The smallest absolute Gasteiger partial charge is 0.306 e. The van der Waals surface area contributed by atoms with E-state index in [2.05, 4.69) is 51.3 Å². The monoisotopic (exact) mass is 439 g/mol. The molecule has 1 heterocycles. The summed E-state index contributed by atoms with van der Waals surface area (Å²) in [4.78, 5) is 16.3. The van der Waals surface area contributed by atoms with Gasteiger partial charge in [-0.25, -0.2) is 4.98 Å². The molecule has 2 unspecified atom stereocenters. The Morgan fingerprint density at radius 3 is 2.55 bits per heavy atom. The van der Waals surface area contributed by atoms with Crippen LogP contribution in [0.5, 0.6) is 0 Å². The fourth-order valence-corrected chi connectivity index (χ4v) is 6.37. The molecule has 2 atom stereocenters. The molecule has 1 N–H and O–H groups in total. The molecular formula is C27H37NO2S. The number of carbonyl (C=O) groups is 1. The van der Waals surface area contributed by atoms with E-state index in [-0.39, 0.29) is 16.7 Å². The first kappa shape index (κ1) is 22.5. The molecule has 0 saturated heterocycles. The topological polar surface area (TPSA) is 50.2 Å². The molecule has 0 bridgehead atoms. The number of fused-ring (bicyclic) bond motifs is 1. The first-order valence-corrected chi connectivity index (χ1v) is 12.9. The van der Waals surface area contributed by atoms with Crippen LogP contribution in [0.15, 0.2) is 23.6 Å². The lowest BCUT2D eigenvalue weighted by Gasteiger charge is -2.42. The fraction of sp³-hybridized carbons (Fsp3) is 0.630. The highest BCUT2D eigenvalue weighted by Crippen LogP contribution is 2.46. The quantitative estimate of drug-likeness (QED) is 0.495. The van der Waals surface area contributed by atoms with E-state index in [0.717, 1.165) is 50.6 Å². The van der Waals surface area contributed by atoms with Gasteiger partial charge in [-0.15, -0.1) is 11.3 Å². The summed E-state index contributed by atoms with van der Waals surface area (Å²) in [5.41, 5.74) is 5.79. The van der Waals surface area contributed by atoms with E-state index >= 15 is 0 Å². The van der Waals surface area contributed by atoms with Gasteiger partial charge in [0, 0.05) is 10.9 Å². The van der Waals surface area contributed by atoms with Crippen LogP contribution in [-0.2, 0) is 22.0 Å². The lowest BCUT2D eigenvalue weighted by molar-refractivity contribution is -0.142. The number of carboxylic acids is 1. The molecular weight excluding hydrogens is 402 g/mol. The molecule has 31 heavy (non-hydrogen) atoms. The number of aromatic nitrogens is 1. The van der Waals surface area contributed by atoms with E-state index in [9.17, 15) is 9.90 Å². The minimum atomic E-state index is -0.609. The van der Waals surface area contributed by atoms with Gasteiger partial charge in [0.15, 0.2) is 0 Å². The third-order valence-corrected chi connectivity index (χ3v) is 8.81. The highest BCUT2D eigenvalue weighted by atomic mass is 32.1. The van der Waals surface area contributed by atoms with Crippen molar-refractivity contribution in [3.8, 4) is 11.3 Å². The van der Waals surface area contributed by atoms with Gasteiger partial charge in [0.1, 0.15) is 0 Å². The second kappa shape index (κ2) is 8.69. The number of carboxylic acid groups (broad SMARTS) is 1. The van der Waals surface area contributed by atoms with Crippen LogP contribution in [0.4, 0.5) is 0 Å². The van der Waals surface area contributed by atoms with Crippen molar-refractivity contribution in [2.24, 2.45) is 11.8 Å². The van der Waals surface area contributed by atoms with E-state index in [0.29, 0.717) is 5.92 Å². The Morgan fingerprint density at radius 2 is 1.81 bits per heavy atom. The van der Waals surface area contributed by atoms with Gasteiger partial charge in [0.2, 0.25) is 0 Å². The number of thiazole rings is 1. The van der Waals surface area contributed by atoms with Crippen molar-refractivity contribution in [2.75, 3.05) is 0 Å². The molecule has 1 aromatic heterocycles. The molecule has 0 spiro atoms. The first-order chi connectivity index (χ1) is 14.7. The molecule has 4 heteroatoms. The SMILES string of the molecule is CC1(C)CCC(C)(C)c2cc(-c3csc(CCC4CCCC(C(=O)O)CC4)n3)ccc21. The molecule has 3 nitrogen and oxygen atoms in total. The maximum absolute atomic E-state index is 11.3. The number of aliphatic carboxylic acids is 1. The van der Waals surface area contributed by atoms with Crippen LogP contribution >= 0.6 is 11.3 Å². The summed E-state index contributed by atoms with van der Waals surface area (Å²) in [5, 5.41) is 12.7. The molecule has 1 saturated carbocycles. The van der Waals surface area contributed by atoms with Crippen LogP contribution in [0.3, 0.4) is 0 Å². The molecule has 4 rings (SSSR count). The van der Waals surface area contributed by atoms with Crippen LogP contribution < -0.4 is 0 Å². The molecule has 1 aromatic carbocycles. The summed E-state index contributed by atoms with van der Waals surface area (Å²) in [6, 6.07) is 7.00. The average Bonchev–Trinajstić information content (AvgIpc) is 3.07. The Labute approximate surface area is 191 Å². The zero-order valence-corrected chi connectivity index (χ0v) is 20.4. The largest absolute Gasteiger partial charge is 0.481 e. The van der Waals surface area contributed by atoms with Crippen LogP contribution in [0.2, 0.25) is 0 Å². The highest BCUT2D eigenvalue weighted by molar-refractivity contribution is 7.09. The second-order valence-electron chi connectivity index (χ2n) is 11.1. The molecule has 0 radical (unpaired) electrons. The Hall–Kier alpha value is -1.68. The predicted molar refractivity (Wildman–Crippen MR) is 129 cm³/mol. The summed E-state index contributed by atoms with van der Waals surface area (Å²) in [5.74, 6) is -0.0972. The van der Waals surface area contributed by atoms with E-state index in [1.165, 1.54) is 34.5 Å². The Bertz CT molecular complexity index is 942. The summed E-state index contributed by atoms with van der Waals surface area (Å²) >= 11 is 1.78. The van der Waals surface area contributed by atoms with Gasteiger partial charge in [0.05, 0.1) is 16.6 Å². The highest BCUT2D eigenvalue weighted by Gasteiger charge is 2.37. The van der Waals surface area contributed by atoms with Crippen molar-refractivity contribution in [1.82, 2.24) is 4.98 Å². The molecule has 0 aliphatic heterocycles. The van der Waals surface area contributed by atoms with Crippen molar-refractivity contribution in [2.45, 2.75) is 96.3 Å². The number of nitrogens with zero attached hydrogens (tertiary/aromatic N) is 1. The van der Waals surface area contributed by atoms with E-state index in [4.69, 9.17) is 4.98 Å². The minimum Gasteiger partial charge on any atom is -0.481 e. The van der Waals surface area contributed by atoms with Gasteiger partial charge in [0.25, 0.3) is 0 Å². The Morgan fingerprint density at radius 1 is 1.06 bits per heavy atom. The lowest BCUT2D eigenvalue weighted by atomic mass is 9.63. The maximum Gasteiger partial charge on any atom is 0.306 e. The van der Waals surface area contributed by atoms with E-state index in [1.807, 2.05) is 0 Å². The number of hydrogen-bond acceptors (Lipinski definition) is 3. The van der Waals surface area contributed by atoms with Crippen LogP contribution in [-0.4, -0.2) is 16.1 Å². The molecule has 2 aliphatic rings.